The average Bonchev–Trinajstić information content (AvgIpc) is 3.01. The van der Waals surface area contributed by atoms with Crippen molar-refractivity contribution in [2.45, 2.75) is 13.1 Å². The molecular weight excluding hydrogens is 441 g/mol. The zero-order valence-electron chi connectivity index (χ0n) is 15.3. The van der Waals surface area contributed by atoms with Crippen LogP contribution >= 0.6 is 22.9 Å². The van der Waals surface area contributed by atoms with Crippen LogP contribution in [0.25, 0.3) is 0 Å². The highest BCUT2D eigenvalue weighted by atomic mass is 35.5. The van der Waals surface area contributed by atoms with Crippen molar-refractivity contribution in [2.75, 3.05) is 16.0 Å². The predicted molar refractivity (Wildman–Crippen MR) is 110 cm³/mol. The number of rotatable bonds is 4. The van der Waals surface area contributed by atoms with Crippen LogP contribution in [0.4, 0.5) is 34.5 Å². The molecule has 0 saturated heterocycles. The molecule has 0 atom stereocenters. The molecule has 0 aliphatic rings. The van der Waals surface area contributed by atoms with E-state index in [4.69, 9.17) is 11.6 Å². The second-order valence-corrected chi connectivity index (χ2v) is 7.49. The number of benzene rings is 2. The zero-order valence-corrected chi connectivity index (χ0v) is 16.9. The maximum atomic E-state index is 12.8. The van der Waals surface area contributed by atoms with Crippen molar-refractivity contribution in [3.8, 4) is 0 Å². The van der Waals surface area contributed by atoms with Crippen LogP contribution < -0.4 is 16.0 Å². The fourth-order valence-corrected chi connectivity index (χ4v) is 3.49. The normalized spacial score (nSPS) is 11.1. The summed E-state index contributed by atoms with van der Waals surface area (Å²) in [6, 6.07) is 10.2. The molecule has 0 radical (unpaired) electrons. The molecule has 6 nitrogen and oxygen atoms in total. The summed E-state index contributed by atoms with van der Waals surface area (Å²) in [6.07, 6.45) is -4.52. The molecule has 0 unspecified atom stereocenters. The molecule has 0 saturated carbocycles. The number of thiazole rings is 1. The number of urea groups is 1. The van der Waals surface area contributed by atoms with Crippen molar-refractivity contribution in [3.63, 3.8) is 0 Å². The number of carbonyl (C=O) groups excluding carboxylic acids is 2. The summed E-state index contributed by atoms with van der Waals surface area (Å²) in [5, 5.41) is 8.10. The van der Waals surface area contributed by atoms with Crippen LogP contribution in [0.3, 0.4) is 0 Å². The number of hydrogen-bond acceptors (Lipinski definition) is 4. The van der Waals surface area contributed by atoms with Gasteiger partial charge in [-0.3, -0.25) is 10.1 Å². The fraction of sp³-hybridized carbons (Fsp3) is 0.105. The Balaban J connectivity index is 1.68. The summed E-state index contributed by atoms with van der Waals surface area (Å²) in [7, 11) is 0. The van der Waals surface area contributed by atoms with Crippen LogP contribution in [0.5, 0.6) is 0 Å². The van der Waals surface area contributed by atoms with E-state index in [2.05, 4.69) is 20.9 Å². The molecule has 30 heavy (non-hydrogen) atoms. The van der Waals surface area contributed by atoms with Crippen molar-refractivity contribution in [3.05, 3.63) is 69.7 Å². The number of alkyl halides is 3. The van der Waals surface area contributed by atoms with Crippen LogP contribution in [0, 0.1) is 6.92 Å². The molecular formula is C19H14ClF3N4O2S. The number of nitrogens with one attached hydrogen (secondary N) is 3. The molecule has 3 amide bonds. The number of carbonyl (C=O) groups is 2. The Morgan fingerprint density at radius 3 is 2.33 bits per heavy atom. The molecule has 0 spiro atoms. The van der Waals surface area contributed by atoms with Gasteiger partial charge < -0.3 is 10.6 Å². The Morgan fingerprint density at radius 1 is 1.00 bits per heavy atom. The average molecular weight is 455 g/mol. The Morgan fingerprint density at radius 2 is 1.67 bits per heavy atom. The highest BCUT2D eigenvalue weighted by molar-refractivity contribution is 7.17. The SMILES string of the molecule is Cc1nc(NC(=O)Nc2cccc(Cl)c2)sc1C(=O)Nc1cccc(C(F)(F)F)c1. The molecule has 156 valence electrons. The quantitative estimate of drug-likeness (QED) is 0.450. The minimum atomic E-state index is -4.52. The molecule has 3 aromatic rings. The second kappa shape index (κ2) is 8.72. The summed E-state index contributed by atoms with van der Waals surface area (Å²) >= 11 is 6.76. The number of halogens is 4. The Hall–Kier alpha value is -3.11. The highest BCUT2D eigenvalue weighted by Crippen LogP contribution is 2.31. The molecule has 0 aliphatic carbocycles. The smallest absolute Gasteiger partial charge is 0.321 e. The van der Waals surface area contributed by atoms with Gasteiger partial charge in [0.2, 0.25) is 0 Å². The molecule has 1 heterocycles. The minimum Gasteiger partial charge on any atom is -0.321 e. The lowest BCUT2D eigenvalue weighted by Crippen LogP contribution is -2.19. The number of anilines is 3. The maximum Gasteiger partial charge on any atom is 0.416 e. The molecule has 2 aromatic carbocycles. The van der Waals surface area contributed by atoms with E-state index >= 15 is 0 Å². The van der Waals surface area contributed by atoms with Crippen LogP contribution in [0.1, 0.15) is 20.9 Å². The van der Waals surface area contributed by atoms with Crippen LogP contribution in [-0.4, -0.2) is 16.9 Å². The van der Waals surface area contributed by atoms with Gasteiger partial charge >= 0.3 is 12.2 Å². The van der Waals surface area contributed by atoms with E-state index in [1.54, 1.807) is 31.2 Å². The van der Waals surface area contributed by atoms with Gasteiger partial charge in [-0.2, -0.15) is 13.2 Å². The van der Waals surface area contributed by atoms with E-state index in [0.717, 1.165) is 23.5 Å². The van der Waals surface area contributed by atoms with E-state index < -0.39 is 23.7 Å². The number of aryl methyl sites for hydroxylation is 1. The Bertz CT molecular complexity index is 1100. The summed E-state index contributed by atoms with van der Waals surface area (Å²) < 4.78 is 38.5. The van der Waals surface area contributed by atoms with Crippen molar-refractivity contribution >= 4 is 51.4 Å². The van der Waals surface area contributed by atoms with Gasteiger partial charge in [-0.15, -0.1) is 0 Å². The van der Waals surface area contributed by atoms with E-state index in [0.29, 0.717) is 16.4 Å². The van der Waals surface area contributed by atoms with E-state index in [1.165, 1.54) is 12.1 Å². The maximum absolute atomic E-state index is 12.8. The first kappa shape index (κ1) is 21.6. The van der Waals surface area contributed by atoms with Gasteiger partial charge in [0.1, 0.15) is 4.88 Å². The van der Waals surface area contributed by atoms with Gasteiger partial charge in [0.15, 0.2) is 5.13 Å². The summed E-state index contributed by atoms with van der Waals surface area (Å²) in [4.78, 5) is 28.8. The first-order chi connectivity index (χ1) is 14.1. The molecule has 3 rings (SSSR count). The van der Waals surface area contributed by atoms with Crippen LogP contribution in [-0.2, 0) is 6.18 Å². The Labute approximate surface area is 178 Å². The number of amides is 3. The first-order valence-electron chi connectivity index (χ1n) is 8.41. The standard InChI is InChI=1S/C19H14ClF3N4O2S/c1-10-15(16(28)25-13-6-2-4-11(8-13)19(21,22)23)30-18(24-10)27-17(29)26-14-7-3-5-12(20)9-14/h2-9H,1H3,(H,25,28)(H2,24,26,27,29). The third-order valence-electron chi connectivity index (χ3n) is 3.75. The van der Waals surface area contributed by atoms with Gasteiger partial charge in [0, 0.05) is 16.4 Å². The number of hydrogen-bond donors (Lipinski definition) is 3. The third kappa shape index (κ3) is 5.49. The second-order valence-electron chi connectivity index (χ2n) is 6.06. The van der Waals surface area contributed by atoms with Crippen LogP contribution in [0.2, 0.25) is 5.02 Å². The predicted octanol–water partition coefficient (Wildman–Crippen LogP) is 6.02. The van der Waals surface area contributed by atoms with E-state index in [1.807, 2.05) is 0 Å². The molecule has 3 N–H and O–H groups in total. The lowest BCUT2D eigenvalue weighted by atomic mass is 10.2. The molecule has 11 heteroatoms. The monoisotopic (exact) mass is 454 g/mol. The van der Waals surface area contributed by atoms with Crippen molar-refractivity contribution < 1.29 is 22.8 Å². The molecule has 1 aromatic heterocycles. The molecule has 0 fully saturated rings. The third-order valence-corrected chi connectivity index (χ3v) is 5.06. The van der Waals surface area contributed by atoms with Gasteiger partial charge in [-0.1, -0.05) is 35.1 Å². The van der Waals surface area contributed by atoms with E-state index in [-0.39, 0.29) is 15.7 Å². The molecule has 0 aliphatic heterocycles. The molecule has 0 bridgehead atoms. The first-order valence-corrected chi connectivity index (χ1v) is 9.61. The van der Waals surface area contributed by atoms with Crippen molar-refractivity contribution in [1.29, 1.82) is 0 Å². The van der Waals surface area contributed by atoms with Gasteiger partial charge in [-0.25, -0.2) is 9.78 Å². The van der Waals surface area contributed by atoms with Gasteiger partial charge in [0.25, 0.3) is 5.91 Å². The summed E-state index contributed by atoms with van der Waals surface area (Å²) in [6.45, 7) is 1.55. The zero-order chi connectivity index (χ0) is 21.9. The van der Waals surface area contributed by atoms with Crippen LogP contribution in [0.15, 0.2) is 48.5 Å². The van der Waals surface area contributed by atoms with Crippen molar-refractivity contribution in [2.24, 2.45) is 0 Å². The van der Waals surface area contributed by atoms with Gasteiger partial charge in [0.05, 0.1) is 11.3 Å². The highest BCUT2D eigenvalue weighted by Gasteiger charge is 2.30. The fourth-order valence-electron chi connectivity index (χ4n) is 2.45. The van der Waals surface area contributed by atoms with Crippen molar-refractivity contribution in [1.82, 2.24) is 4.98 Å². The minimum absolute atomic E-state index is 0.00386. The lowest BCUT2D eigenvalue weighted by Gasteiger charge is -2.09. The summed E-state index contributed by atoms with van der Waals surface area (Å²) in [5.74, 6) is -0.632. The van der Waals surface area contributed by atoms with E-state index in [9.17, 15) is 22.8 Å². The lowest BCUT2D eigenvalue weighted by molar-refractivity contribution is -0.137. The number of aromatic nitrogens is 1. The number of nitrogens with zero attached hydrogens (tertiary/aromatic N) is 1. The van der Waals surface area contributed by atoms with Gasteiger partial charge in [-0.05, 0) is 43.3 Å². The summed E-state index contributed by atoms with van der Waals surface area (Å²) in [5.41, 5.74) is -0.0875. The topological polar surface area (TPSA) is 83.1 Å². The largest absolute Gasteiger partial charge is 0.416 e. The Kier molecular flexibility index (Phi) is 6.28.